The summed E-state index contributed by atoms with van der Waals surface area (Å²) in [5, 5.41) is 21.4. The fourth-order valence-electron chi connectivity index (χ4n) is 7.17. The molecule has 0 saturated carbocycles. The Bertz CT molecular complexity index is 1520. The van der Waals surface area contributed by atoms with Gasteiger partial charge in [-0.3, -0.25) is 14.5 Å². The van der Waals surface area contributed by atoms with E-state index in [1.807, 2.05) is 54.6 Å². The van der Waals surface area contributed by atoms with Crippen LogP contribution in [0.5, 0.6) is 5.75 Å². The smallest absolute Gasteiger partial charge is 0.455 e. The summed E-state index contributed by atoms with van der Waals surface area (Å²) in [5.41, 5.74) is 5.74. The van der Waals surface area contributed by atoms with E-state index in [2.05, 4.69) is 19.1 Å². The number of phenols is 1. The number of benzene rings is 3. The molecule has 0 unspecified atom stereocenters. The number of phenolic OH excluding ortho intramolecular Hbond substituents is 1. The van der Waals surface area contributed by atoms with Crippen molar-refractivity contribution in [3.63, 3.8) is 0 Å². The van der Waals surface area contributed by atoms with E-state index in [-0.39, 0.29) is 29.6 Å². The highest BCUT2D eigenvalue weighted by atomic mass is 16.5. The van der Waals surface area contributed by atoms with Gasteiger partial charge in [-0.25, -0.2) is 0 Å². The lowest BCUT2D eigenvalue weighted by atomic mass is 9.58. The second kappa shape index (κ2) is 12.1. The predicted octanol–water partition coefficient (Wildman–Crippen LogP) is 6.51. The Labute approximate surface area is 247 Å². The van der Waals surface area contributed by atoms with Gasteiger partial charge in [0.25, 0.3) is 0 Å². The Morgan fingerprint density at radius 3 is 2.36 bits per heavy atom. The Morgan fingerprint density at radius 1 is 0.952 bits per heavy atom. The molecule has 4 atom stereocenters. The molecule has 3 aliphatic rings. The first-order valence-electron chi connectivity index (χ1n) is 15.0. The van der Waals surface area contributed by atoms with Crippen LogP contribution in [0.4, 0.5) is 5.69 Å². The second-order valence-corrected chi connectivity index (χ2v) is 11.5. The molecule has 1 aliphatic carbocycles. The highest BCUT2D eigenvalue weighted by molar-refractivity contribution is 6.43. The van der Waals surface area contributed by atoms with E-state index in [9.17, 15) is 19.7 Å². The lowest BCUT2D eigenvalue weighted by Gasteiger charge is -2.43. The van der Waals surface area contributed by atoms with Crippen molar-refractivity contribution < 1.29 is 24.4 Å². The average Bonchev–Trinajstić information content (AvgIpc) is 3.26. The minimum Gasteiger partial charge on any atom is -0.507 e. The number of carbonyl (C=O) groups excluding carboxylic acids is 2. The third-order valence-corrected chi connectivity index (χ3v) is 8.96. The van der Waals surface area contributed by atoms with Crippen LogP contribution in [0.2, 0.25) is 6.32 Å². The van der Waals surface area contributed by atoms with Crippen LogP contribution >= 0.6 is 0 Å². The second-order valence-electron chi connectivity index (χ2n) is 11.5. The average molecular weight is 561 g/mol. The molecule has 6 nitrogen and oxygen atoms in total. The van der Waals surface area contributed by atoms with Gasteiger partial charge in [0.2, 0.25) is 11.8 Å². The molecule has 0 aromatic heterocycles. The van der Waals surface area contributed by atoms with E-state index in [4.69, 9.17) is 4.65 Å². The zero-order valence-corrected chi connectivity index (χ0v) is 23.9. The minimum atomic E-state index is -1.01. The number of nitrogens with zero attached hydrogens (tertiary/aromatic N) is 1. The SMILES string of the molecule is CCCC1=C2[C@@H](CC/C(=C/c3ccccc3O)c3ccccc3)OB(O)C[C@@H]2[C@@H]2C(=O)N(c3ccccc3)C(=O)[C@@H]2C1. The maximum Gasteiger partial charge on any atom is 0.455 e. The summed E-state index contributed by atoms with van der Waals surface area (Å²) in [6, 6.07) is 26.5. The molecule has 0 radical (unpaired) electrons. The summed E-state index contributed by atoms with van der Waals surface area (Å²) >= 11 is 0. The van der Waals surface area contributed by atoms with Crippen LogP contribution in [-0.4, -0.2) is 35.2 Å². The van der Waals surface area contributed by atoms with Gasteiger partial charge in [0.15, 0.2) is 0 Å². The topological polar surface area (TPSA) is 87.1 Å². The molecular formula is C35H36BNO5. The zero-order chi connectivity index (χ0) is 29.2. The highest BCUT2D eigenvalue weighted by Crippen LogP contribution is 2.52. The summed E-state index contributed by atoms with van der Waals surface area (Å²) in [4.78, 5) is 28.9. The number of allylic oxidation sites excluding steroid dienone is 2. The number of hydrogen-bond acceptors (Lipinski definition) is 5. The molecule has 3 aromatic rings. The van der Waals surface area contributed by atoms with Crippen LogP contribution in [0.1, 0.15) is 50.2 Å². The van der Waals surface area contributed by atoms with Crippen molar-refractivity contribution in [1.29, 1.82) is 0 Å². The fraction of sp³-hybridized carbons (Fsp3) is 0.314. The maximum atomic E-state index is 13.9. The molecule has 214 valence electrons. The van der Waals surface area contributed by atoms with Gasteiger partial charge >= 0.3 is 7.12 Å². The molecule has 2 aliphatic heterocycles. The fourth-order valence-corrected chi connectivity index (χ4v) is 7.17. The lowest BCUT2D eigenvalue weighted by molar-refractivity contribution is -0.122. The van der Waals surface area contributed by atoms with Gasteiger partial charge in [-0.2, -0.15) is 0 Å². The Kier molecular flexibility index (Phi) is 8.14. The molecule has 2 heterocycles. The number of para-hydroxylation sites is 2. The van der Waals surface area contributed by atoms with Crippen molar-refractivity contribution in [1.82, 2.24) is 0 Å². The molecule has 2 saturated heterocycles. The van der Waals surface area contributed by atoms with Crippen LogP contribution in [0.25, 0.3) is 11.6 Å². The van der Waals surface area contributed by atoms with Crippen LogP contribution in [0.3, 0.4) is 0 Å². The quantitative estimate of drug-likeness (QED) is 0.142. The van der Waals surface area contributed by atoms with Gasteiger partial charge < -0.3 is 14.8 Å². The first-order chi connectivity index (χ1) is 20.5. The van der Waals surface area contributed by atoms with Crippen LogP contribution in [0.15, 0.2) is 96.1 Å². The van der Waals surface area contributed by atoms with Crippen LogP contribution in [0, 0.1) is 17.8 Å². The Hall–Kier alpha value is -3.94. The van der Waals surface area contributed by atoms with Gasteiger partial charge in [0.05, 0.1) is 23.6 Å². The van der Waals surface area contributed by atoms with Crippen molar-refractivity contribution in [2.24, 2.45) is 17.8 Å². The minimum absolute atomic E-state index is 0.140. The molecule has 7 heteroatoms. The summed E-state index contributed by atoms with van der Waals surface area (Å²) in [6.07, 6.45) is 5.49. The van der Waals surface area contributed by atoms with E-state index >= 15 is 0 Å². The number of fused-ring (bicyclic) bond motifs is 3. The van der Waals surface area contributed by atoms with Crippen molar-refractivity contribution >= 4 is 36.3 Å². The molecule has 3 aromatic carbocycles. The zero-order valence-electron chi connectivity index (χ0n) is 23.9. The first kappa shape index (κ1) is 28.2. The van der Waals surface area contributed by atoms with Crippen molar-refractivity contribution in [2.75, 3.05) is 4.90 Å². The molecular weight excluding hydrogens is 525 g/mol. The number of anilines is 1. The molecule has 2 fully saturated rings. The van der Waals surface area contributed by atoms with Gasteiger partial charge in [0.1, 0.15) is 5.75 Å². The number of hydrogen-bond donors (Lipinski definition) is 2. The van der Waals surface area contributed by atoms with E-state index < -0.39 is 19.0 Å². The monoisotopic (exact) mass is 561 g/mol. The number of rotatable bonds is 8. The van der Waals surface area contributed by atoms with Crippen molar-refractivity contribution in [3.05, 3.63) is 107 Å². The normalized spacial score (nSPS) is 24.2. The molecule has 6 rings (SSSR count). The molecule has 0 bridgehead atoms. The molecule has 2 N–H and O–H groups in total. The number of amides is 2. The van der Waals surface area contributed by atoms with Crippen LogP contribution < -0.4 is 4.90 Å². The summed E-state index contributed by atoms with van der Waals surface area (Å²) in [6.45, 7) is 2.13. The first-order valence-corrected chi connectivity index (χ1v) is 15.0. The highest BCUT2D eigenvalue weighted by Gasteiger charge is 2.57. The Morgan fingerprint density at radius 2 is 1.64 bits per heavy atom. The number of imide groups is 1. The standard InChI is InChI=1S/C35H36BNO5/c1-2-11-26-21-28-33(35(40)37(34(28)39)27-15-7-4-8-16-27)29-22-36(41)42-31(32(26)29)19-18-24(23-12-5-3-6-13-23)20-25-14-9-10-17-30(25)38/h3-10,12-17,20,28-29,31,33,38,41H,2,11,18-19,21-22H2,1H3/b24-20-/t28-,29+,31-,33-/m1/s1. The summed E-state index contributed by atoms with van der Waals surface area (Å²) in [5.74, 6) is -1.26. The maximum absolute atomic E-state index is 13.9. The van der Waals surface area contributed by atoms with Gasteiger partial charge in [0, 0.05) is 5.56 Å². The van der Waals surface area contributed by atoms with Gasteiger partial charge in [-0.15, -0.1) is 0 Å². The molecule has 42 heavy (non-hydrogen) atoms. The van der Waals surface area contributed by atoms with Crippen molar-refractivity contribution in [3.8, 4) is 5.75 Å². The van der Waals surface area contributed by atoms with E-state index in [0.29, 0.717) is 31.3 Å². The Balaban J connectivity index is 1.33. The third kappa shape index (κ3) is 5.35. The van der Waals surface area contributed by atoms with Crippen molar-refractivity contribution in [2.45, 2.75) is 51.5 Å². The lowest BCUT2D eigenvalue weighted by Crippen LogP contribution is -2.46. The third-order valence-electron chi connectivity index (χ3n) is 8.96. The van der Waals surface area contributed by atoms with Crippen LogP contribution in [-0.2, 0) is 14.2 Å². The van der Waals surface area contributed by atoms with E-state index in [0.717, 1.165) is 35.1 Å². The van der Waals surface area contributed by atoms with Gasteiger partial charge in [-0.05, 0) is 78.9 Å². The summed E-state index contributed by atoms with van der Waals surface area (Å²) < 4.78 is 6.23. The summed E-state index contributed by atoms with van der Waals surface area (Å²) in [7, 11) is -1.01. The predicted molar refractivity (Wildman–Crippen MR) is 165 cm³/mol. The number of aromatic hydroxyl groups is 1. The molecule has 2 amide bonds. The van der Waals surface area contributed by atoms with E-state index in [1.54, 1.807) is 24.3 Å². The largest absolute Gasteiger partial charge is 0.507 e. The van der Waals surface area contributed by atoms with E-state index in [1.165, 1.54) is 10.5 Å². The number of carbonyl (C=O) groups is 2. The van der Waals surface area contributed by atoms with Gasteiger partial charge in [-0.1, -0.05) is 85.6 Å². The molecule has 0 spiro atoms.